The van der Waals surface area contributed by atoms with Gasteiger partial charge >= 0.3 is 0 Å². The van der Waals surface area contributed by atoms with E-state index >= 15 is 0 Å². The van der Waals surface area contributed by atoms with Crippen molar-refractivity contribution in [2.45, 2.75) is 19.4 Å². The lowest BCUT2D eigenvalue weighted by Crippen LogP contribution is -2.05. The van der Waals surface area contributed by atoms with Crippen LogP contribution in [0.2, 0.25) is 5.02 Å². The van der Waals surface area contributed by atoms with E-state index in [0.717, 1.165) is 22.2 Å². The number of carbonyl (C=O) groups is 1. The van der Waals surface area contributed by atoms with Crippen LogP contribution in [0.3, 0.4) is 0 Å². The minimum Gasteiger partial charge on any atom is -0.490 e. The average Bonchev–Trinajstić information content (AvgIpc) is 2.80. The van der Waals surface area contributed by atoms with Gasteiger partial charge in [0.15, 0.2) is 5.78 Å². The number of halogens is 2. The Morgan fingerprint density at radius 3 is 2.70 bits per heavy atom. The first kappa shape index (κ1) is 13.7. The maximum absolute atomic E-state index is 12.5. The smallest absolute Gasteiger partial charge is 0.193 e. The molecule has 3 rings (SSSR count). The predicted octanol–water partition coefficient (Wildman–Crippen LogP) is 4.66. The van der Waals surface area contributed by atoms with Gasteiger partial charge < -0.3 is 4.74 Å². The van der Waals surface area contributed by atoms with Gasteiger partial charge in [-0.2, -0.15) is 0 Å². The van der Waals surface area contributed by atoms with Crippen molar-refractivity contribution in [2.24, 2.45) is 0 Å². The largest absolute Gasteiger partial charge is 0.490 e. The van der Waals surface area contributed by atoms with Gasteiger partial charge in [-0.15, -0.1) is 0 Å². The predicted molar refractivity (Wildman–Crippen MR) is 82.8 cm³/mol. The van der Waals surface area contributed by atoms with Gasteiger partial charge in [-0.05, 0) is 64.8 Å². The standard InChI is InChI=1S/C16H12BrClO2/c1-9-6-12-7-10(3-5-15(12)20-9)16(19)11-2-4-13(17)14(18)8-11/h2-5,7-9H,6H2,1H3. The highest BCUT2D eigenvalue weighted by Crippen LogP contribution is 2.30. The lowest BCUT2D eigenvalue weighted by molar-refractivity contribution is 0.103. The molecule has 0 spiro atoms. The summed E-state index contributed by atoms with van der Waals surface area (Å²) in [6.07, 6.45) is 1.02. The first-order chi connectivity index (χ1) is 9.54. The van der Waals surface area contributed by atoms with Crippen LogP contribution in [0.15, 0.2) is 40.9 Å². The number of hydrogen-bond acceptors (Lipinski definition) is 2. The summed E-state index contributed by atoms with van der Waals surface area (Å²) in [5, 5.41) is 0.536. The number of fused-ring (bicyclic) bond motifs is 1. The molecule has 0 amide bonds. The van der Waals surface area contributed by atoms with E-state index in [1.165, 1.54) is 0 Å². The van der Waals surface area contributed by atoms with Crippen molar-refractivity contribution < 1.29 is 9.53 Å². The van der Waals surface area contributed by atoms with Crippen molar-refractivity contribution in [2.75, 3.05) is 0 Å². The number of hydrogen-bond donors (Lipinski definition) is 0. The summed E-state index contributed by atoms with van der Waals surface area (Å²) < 4.78 is 6.43. The highest BCUT2D eigenvalue weighted by Gasteiger charge is 2.21. The molecule has 0 saturated heterocycles. The molecule has 1 unspecified atom stereocenters. The van der Waals surface area contributed by atoms with Crippen LogP contribution in [0.25, 0.3) is 0 Å². The molecule has 2 aromatic rings. The third-order valence-electron chi connectivity index (χ3n) is 3.34. The molecule has 1 aliphatic rings. The van der Waals surface area contributed by atoms with E-state index < -0.39 is 0 Å². The molecule has 1 atom stereocenters. The van der Waals surface area contributed by atoms with Crippen LogP contribution in [-0.4, -0.2) is 11.9 Å². The molecule has 2 nitrogen and oxygen atoms in total. The van der Waals surface area contributed by atoms with Crippen molar-refractivity contribution >= 4 is 33.3 Å². The number of carbonyl (C=O) groups excluding carboxylic acids is 1. The van der Waals surface area contributed by atoms with E-state index in [2.05, 4.69) is 15.9 Å². The molecule has 0 radical (unpaired) electrons. The fraction of sp³-hybridized carbons (Fsp3) is 0.188. The van der Waals surface area contributed by atoms with Gasteiger partial charge in [0.05, 0.1) is 5.02 Å². The van der Waals surface area contributed by atoms with Gasteiger partial charge in [0.2, 0.25) is 0 Å². The molecule has 1 heterocycles. The number of ketones is 1. The molecule has 0 fully saturated rings. The van der Waals surface area contributed by atoms with E-state index in [4.69, 9.17) is 16.3 Å². The molecular weight excluding hydrogens is 340 g/mol. The molecule has 1 aliphatic heterocycles. The van der Waals surface area contributed by atoms with Crippen LogP contribution in [0.4, 0.5) is 0 Å². The highest BCUT2D eigenvalue weighted by molar-refractivity contribution is 9.10. The molecule has 102 valence electrons. The van der Waals surface area contributed by atoms with Crippen molar-refractivity contribution in [3.63, 3.8) is 0 Å². The zero-order valence-electron chi connectivity index (χ0n) is 10.8. The van der Waals surface area contributed by atoms with Gasteiger partial charge in [-0.3, -0.25) is 4.79 Å². The summed E-state index contributed by atoms with van der Waals surface area (Å²) in [7, 11) is 0. The normalized spacial score (nSPS) is 16.6. The monoisotopic (exact) mass is 350 g/mol. The van der Waals surface area contributed by atoms with Crippen LogP contribution in [-0.2, 0) is 6.42 Å². The third kappa shape index (κ3) is 2.48. The number of benzene rings is 2. The Hall–Kier alpha value is -1.32. The van der Waals surface area contributed by atoms with Gasteiger partial charge in [-0.1, -0.05) is 11.6 Å². The Kier molecular flexibility index (Phi) is 3.57. The van der Waals surface area contributed by atoms with Crippen LogP contribution in [0.5, 0.6) is 5.75 Å². The average molecular weight is 352 g/mol. The summed E-state index contributed by atoms with van der Waals surface area (Å²) in [6, 6.07) is 10.8. The minimum absolute atomic E-state index is 0.0262. The quantitative estimate of drug-likeness (QED) is 0.736. The fourth-order valence-corrected chi connectivity index (χ4v) is 2.79. The fourth-order valence-electron chi connectivity index (χ4n) is 2.37. The Morgan fingerprint density at radius 2 is 1.95 bits per heavy atom. The van der Waals surface area contributed by atoms with Crippen LogP contribution >= 0.6 is 27.5 Å². The summed E-state index contributed by atoms with van der Waals surface area (Å²) in [6.45, 7) is 2.02. The topological polar surface area (TPSA) is 26.3 Å². The van der Waals surface area contributed by atoms with Gasteiger partial charge in [0.1, 0.15) is 11.9 Å². The molecule has 4 heteroatoms. The van der Waals surface area contributed by atoms with Gasteiger partial charge in [0, 0.05) is 22.0 Å². The molecule has 20 heavy (non-hydrogen) atoms. The second kappa shape index (κ2) is 5.23. The van der Waals surface area contributed by atoms with E-state index in [1.807, 2.05) is 19.1 Å². The molecule has 0 bridgehead atoms. The zero-order chi connectivity index (χ0) is 14.3. The van der Waals surface area contributed by atoms with Crippen LogP contribution in [0.1, 0.15) is 28.4 Å². The molecule has 0 aliphatic carbocycles. The summed E-state index contributed by atoms with van der Waals surface area (Å²) in [4.78, 5) is 12.5. The third-order valence-corrected chi connectivity index (χ3v) is 4.57. The zero-order valence-corrected chi connectivity index (χ0v) is 13.2. The van der Waals surface area contributed by atoms with E-state index in [-0.39, 0.29) is 11.9 Å². The molecule has 0 aromatic heterocycles. The van der Waals surface area contributed by atoms with Crippen molar-refractivity contribution in [3.05, 3.63) is 62.6 Å². The first-order valence-corrected chi connectivity index (χ1v) is 7.51. The minimum atomic E-state index is -0.0262. The second-order valence-corrected chi connectivity index (χ2v) is 6.17. The van der Waals surface area contributed by atoms with Crippen molar-refractivity contribution in [1.82, 2.24) is 0 Å². The molecule has 2 aromatic carbocycles. The summed E-state index contributed by atoms with van der Waals surface area (Å²) >= 11 is 9.36. The Balaban J connectivity index is 1.95. The number of rotatable bonds is 2. The Morgan fingerprint density at radius 1 is 1.25 bits per heavy atom. The summed E-state index contributed by atoms with van der Waals surface area (Å²) in [5.74, 6) is 0.852. The first-order valence-electron chi connectivity index (χ1n) is 6.34. The van der Waals surface area contributed by atoms with Crippen molar-refractivity contribution in [3.8, 4) is 5.75 Å². The highest BCUT2D eigenvalue weighted by atomic mass is 79.9. The SMILES string of the molecule is CC1Cc2cc(C(=O)c3ccc(Br)c(Cl)c3)ccc2O1. The van der Waals surface area contributed by atoms with Gasteiger partial charge in [0.25, 0.3) is 0 Å². The lowest BCUT2D eigenvalue weighted by Gasteiger charge is -2.05. The van der Waals surface area contributed by atoms with E-state index in [0.29, 0.717) is 16.1 Å². The van der Waals surface area contributed by atoms with Crippen LogP contribution < -0.4 is 4.74 Å². The molecular formula is C16H12BrClO2. The maximum Gasteiger partial charge on any atom is 0.193 e. The second-order valence-electron chi connectivity index (χ2n) is 4.91. The molecule has 0 saturated carbocycles. The lowest BCUT2D eigenvalue weighted by atomic mass is 10.00. The molecule has 0 N–H and O–H groups in total. The number of ether oxygens (including phenoxy) is 1. The van der Waals surface area contributed by atoms with Crippen molar-refractivity contribution in [1.29, 1.82) is 0 Å². The summed E-state index contributed by atoms with van der Waals surface area (Å²) in [5.41, 5.74) is 2.34. The Bertz CT molecular complexity index is 697. The van der Waals surface area contributed by atoms with Crippen LogP contribution in [0, 0.1) is 0 Å². The van der Waals surface area contributed by atoms with Gasteiger partial charge in [-0.25, -0.2) is 0 Å². The maximum atomic E-state index is 12.5. The Labute approximate surface area is 130 Å². The van der Waals surface area contributed by atoms with E-state index in [9.17, 15) is 4.79 Å². The van der Waals surface area contributed by atoms with E-state index in [1.54, 1.807) is 24.3 Å².